The highest BCUT2D eigenvalue weighted by Gasteiger charge is 2.30. The van der Waals surface area contributed by atoms with Crippen molar-refractivity contribution in [2.45, 2.75) is 32.0 Å². The van der Waals surface area contributed by atoms with Crippen LogP contribution in [0.1, 0.15) is 25.8 Å². The Hall–Kier alpha value is -1.23. The molecule has 0 spiro atoms. The van der Waals surface area contributed by atoms with Gasteiger partial charge in [-0.15, -0.1) is 0 Å². The minimum atomic E-state index is -4.32. The lowest BCUT2D eigenvalue weighted by Gasteiger charge is -2.22. The normalized spacial score (nSPS) is 15.4. The van der Waals surface area contributed by atoms with E-state index >= 15 is 0 Å². The SMILES string of the molecule is CCC(C)(N)COc1ccc(C(F)(F)F)cc1. The molecule has 2 N–H and O–H groups in total. The molecular weight excluding hydrogens is 231 g/mol. The summed E-state index contributed by atoms with van der Waals surface area (Å²) in [6.07, 6.45) is -3.59. The van der Waals surface area contributed by atoms with Crippen LogP contribution in [0.2, 0.25) is 0 Å². The molecule has 1 unspecified atom stereocenters. The average molecular weight is 247 g/mol. The maximum Gasteiger partial charge on any atom is 0.416 e. The van der Waals surface area contributed by atoms with Gasteiger partial charge in [0.15, 0.2) is 0 Å². The number of hydrogen-bond donors (Lipinski definition) is 1. The fourth-order valence-electron chi connectivity index (χ4n) is 1.09. The number of halogens is 3. The minimum Gasteiger partial charge on any atom is -0.492 e. The molecule has 17 heavy (non-hydrogen) atoms. The molecule has 96 valence electrons. The largest absolute Gasteiger partial charge is 0.492 e. The van der Waals surface area contributed by atoms with Crippen molar-refractivity contribution in [2.75, 3.05) is 6.61 Å². The number of hydrogen-bond acceptors (Lipinski definition) is 2. The van der Waals surface area contributed by atoms with Crippen LogP contribution in [-0.4, -0.2) is 12.1 Å². The van der Waals surface area contributed by atoms with Gasteiger partial charge >= 0.3 is 6.18 Å². The molecule has 0 fully saturated rings. The van der Waals surface area contributed by atoms with E-state index < -0.39 is 17.3 Å². The molecule has 0 saturated carbocycles. The molecule has 5 heteroatoms. The molecule has 1 aromatic rings. The van der Waals surface area contributed by atoms with Crippen LogP contribution < -0.4 is 10.5 Å². The van der Waals surface area contributed by atoms with Crippen LogP contribution in [0.3, 0.4) is 0 Å². The fraction of sp³-hybridized carbons (Fsp3) is 0.500. The Bertz CT molecular complexity index is 357. The molecule has 0 aromatic heterocycles. The Balaban J connectivity index is 2.64. The Morgan fingerprint density at radius 3 is 2.12 bits per heavy atom. The Labute approximate surface area is 98.6 Å². The Morgan fingerprint density at radius 2 is 1.71 bits per heavy atom. The third-order valence-electron chi connectivity index (χ3n) is 2.56. The molecule has 0 aliphatic heterocycles. The van der Waals surface area contributed by atoms with Gasteiger partial charge in [-0.3, -0.25) is 0 Å². The average Bonchev–Trinajstić information content (AvgIpc) is 2.26. The second-order valence-corrected chi connectivity index (χ2v) is 4.32. The number of ether oxygens (including phenoxy) is 1. The quantitative estimate of drug-likeness (QED) is 0.886. The van der Waals surface area contributed by atoms with Crippen LogP contribution in [0.5, 0.6) is 5.75 Å². The summed E-state index contributed by atoms with van der Waals surface area (Å²) in [6.45, 7) is 4.03. The highest BCUT2D eigenvalue weighted by atomic mass is 19.4. The minimum absolute atomic E-state index is 0.273. The van der Waals surface area contributed by atoms with E-state index in [2.05, 4.69) is 0 Å². The lowest BCUT2D eigenvalue weighted by atomic mass is 10.0. The maximum atomic E-state index is 12.3. The van der Waals surface area contributed by atoms with E-state index in [4.69, 9.17) is 10.5 Å². The van der Waals surface area contributed by atoms with E-state index in [1.54, 1.807) is 0 Å². The van der Waals surface area contributed by atoms with E-state index in [1.165, 1.54) is 12.1 Å². The van der Waals surface area contributed by atoms with Gasteiger partial charge < -0.3 is 10.5 Å². The maximum absolute atomic E-state index is 12.3. The summed E-state index contributed by atoms with van der Waals surface area (Å²) in [5.41, 5.74) is 4.70. The molecule has 1 atom stereocenters. The van der Waals surface area contributed by atoms with Gasteiger partial charge in [-0.25, -0.2) is 0 Å². The summed E-state index contributed by atoms with van der Waals surface area (Å²) in [5.74, 6) is 0.392. The van der Waals surface area contributed by atoms with Gasteiger partial charge in [0, 0.05) is 5.54 Å². The highest BCUT2D eigenvalue weighted by molar-refractivity contribution is 5.28. The fourth-order valence-corrected chi connectivity index (χ4v) is 1.09. The molecule has 0 amide bonds. The van der Waals surface area contributed by atoms with E-state index in [0.29, 0.717) is 5.75 Å². The van der Waals surface area contributed by atoms with Gasteiger partial charge in [0.05, 0.1) is 5.56 Å². The summed E-state index contributed by atoms with van der Waals surface area (Å²) < 4.78 is 42.2. The van der Waals surface area contributed by atoms with Crippen molar-refractivity contribution in [1.29, 1.82) is 0 Å². The first-order valence-electron chi connectivity index (χ1n) is 5.33. The van der Waals surface area contributed by atoms with Crippen molar-refractivity contribution >= 4 is 0 Å². The second kappa shape index (κ2) is 4.96. The number of rotatable bonds is 4. The van der Waals surface area contributed by atoms with Crippen LogP contribution in [-0.2, 0) is 6.18 Å². The first kappa shape index (κ1) is 13.8. The van der Waals surface area contributed by atoms with Crippen LogP contribution in [0.25, 0.3) is 0 Å². The lowest BCUT2D eigenvalue weighted by Crippen LogP contribution is -2.41. The number of nitrogens with two attached hydrogens (primary N) is 1. The van der Waals surface area contributed by atoms with Crippen molar-refractivity contribution in [1.82, 2.24) is 0 Å². The van der Waals surface area contributed by atoms with E-state index in [1.807, 2.05) is 13.8 Å². The topological polar surface area (TPSA) is 35.2 Å². The number of alkyl halides is 3. The standard InChI is InChI=1S/C12H16F3NO/c1-3-11(2,16)8-17-10-6-4-9(5-7-10)12(13,14)15/h4-7H,3,8,16H2,1-2H3. The zero-order valence-corrected chi connectivity index (χ0v) is 9.84. The summed E-state index contributed by atoms with van der Waals surface area (Å²) in [4.78, 5) is 0. The van der Waals surface area contributed by atoms with Gasteiger partial charge in [0.1, 0.15) is 12.4 Å². The van der Waals surface area contributed by atoms with Crippen molar-refractivity contribution < 1.29 is 17.9 Å². The molecule has 0 radical (unpaired) electrons. The predicted octanol–water partition coefficient (Wildman–Crippen LogP) is 3.21. The van der Waals surface area contributed by atoms with Crippen molar-refractivity contribution in [3.05, 3.63) is 29.8 Å². The van der Waals surface area contributed by atoms with Crippen molar-refractivity contribution in [3.63, 3.8) is 0 Å². The van der Waals surface area contributed by atoms with E-state index in [9.17, 15) is 13.2 Å². The summed E-state index contributed by atoms with van der Waals surface area (Å²) in [7, 11) is 0. The van der Waals surface area contributed by atoms with Crippen LogP contribution in [0.4, 0.5) is 13.2 Å². The zero-order chi connectivity index (χ0) is 13.1. The monoisotopic (exact) mass is 247 g/mol. The molecule has 0 aliphatic rings. The zero-order valence-electron chi connectivity index (χ0n) is 9.84. The third-order valence-corrected chi connectivity index (χ3v) is 2.56. The number of benzene rings is 1. The first-order valence-corrected chi connectivity index (χ1v) is 5.33. The molecule has 0 aliphatic carbocycles. The first-order chi connectivity index (χ1) is 7.74. The molecule has 0 bridgehead atoms. The van der Waals surface area contributed by atoms with E-state index in [-0.39, 0.29) is 6.61 Å². The summed E-state index contributed by atoms with van der Waals surface area (Å²) in [6, 6.07) is 4.59. The molecule has 0 heterocycles. The smallest absolute Gasteiger partial charge is 0.416 e. The molecule has 1 aromatic carbocycles. The Kier molecular flexibility index (Phi) is 4.03. The summed E-state index contributed by atoms with van der Waals surface area (Å²) in [5, 5.41) is 0. The predicted molar refractivity (Wildman–Crippen MR) is 59.8 cm³/mol. The van der Waals surface area contributed by atoms with Crippen molar-refractivity contribution in [3.8, 4) is 5.75 Å². The molecule has 2 nitrogen and oxygen atoms in total. The van der Waals surface area contributed by atoms with Gasteiger partial charge in [-0.2, -0.15) is 13.2 Å². The molecular formula is C12H16F3NO. The van der Waals surface area contributed by atoms with Gasteiger partial charge in [0.2, 0.25) is 0 Å². The van der Waals surface area contributed by atoms with Crippen LogP contribution >= 0.6 is 0 Å². The molecule has 1 rings (SSSR count). The van der Waals surface area contributed by atoms with Crippen LogP contribution in [0, 0.1) is 0 Å². The third kappa shape index (κ3) is 4.26. The van der Waals surface area contributed by atoms with Gasteiger partial charge in [-0.05, 0) is 37.6 Å². The summed E-state index contributed by atoms with van der Waals surface area (Å²) >= 11 is 0. The van der Waals surface area contributed by atoms with Crippen molar-refractivity contribution in [2.24, 2.45) is 5.73 Å². The second-order valence-electron chi connectivity index (χ2n) is 4.32. The lowest BCUT2D eigenvalue weighted by molar-refractivity contribution is -0.137. The van der Waals surface area contributed by atoms with Gasteiger partial charge in [0.25, 0.3) is 0 Å². The van der Waals surface area contributed by atoms with Gasteiger partial charge in [-0.1, -0.05) is 6.92 Å². The Morgan fingerprint density at radius 1 is 1.18 bits per heavy atom. The van der Waals surface area contributed by atoms with Crippen LogP contribution in [0.15, 0.2) is 24.3 Å². The highest BCUT2D eigenvalue weighted by Crippen LogP contribution is 2.30. The molecule has 0 saturated heterocycles. The van der Waals surface area contributed by atoms with E-state index in [0.717, 1.165) is 18.6 Å².